The molecular weight excluding hydrogens is 254 g/mol. The van der Waals surface area contributed by atoms with Gasteiger partial charge in [0.2, 0.25) is 0 Å². The van der Waals surface area contributed by atoms with Gasteiger partial charge < -0.3 is 14.9 Å². The number of benzene rings is 1. The number of anilines is 1. The minimum Gasteiger partial charge on any atom is -0.480 e. The van der Waals surface area contributed by atoms with Crippen molar-refractivity contribution in [3.8, 4) is 0 Å². The van der Waals surface area contributed by atoms with Gasteiger partial charge in [-0.15, -0.1) is 0 Å². The van der Waals surface area contributed by atoms with E-state index >= 15 is 0 Å². The van der Waals surface area contributed by atoms with Crippen molar-refractivity contribution in [3.05, 3.63) is 29.8 Å². The first-order chi connectivity index (χ1) is 9.38. The van der Waals surface area contributed by atoms with E-state index < -0.39 is 5.97 Å². The van der Waals surface area contributed by atoms with Crippen LogP contribution in [0.1, 0.15) is 5.56 Å². The predicted molar refractivity (Wildman–Crippen MR) is 82.2 cm³/mol. The molecule has 0 aliphatic heterocycles. The van der Waals surface area contributed by atoms with Crippen LogP contribution in [0.25, 0.3) is 0 Å². The van der Waals surface area contributed by atoms with Gasteiger partial charge in [0.25, 0.3) is 0 Å². The molecule has 0 unspecified atom stereocenters. The number of likely N-dealkylation sites (N-methyl/N-ethyl adjacent to an activating group) is 1. The van der Waals surface area contributed by atoms with E-state index in [1.807, 2.05) is 38.0 Å². The normalized spacial score (nSPS) is 11.1. The average Bonchev–Trinajstić information content (AvgIpc) is 2.36. The number of rotatable bonds is 8. The van der Waals surface area contributed by atoms with Crippen LogP contribution in [0.2, 0.25) is 0 Å². The zero-order valence-corrected chi connectivity index (χ0v) is 12.8. The average molecular weight is 279 g/mol. The molecule has 0 aromatic heterocycles. The largest absolute Gasteiger partial charge is 0.480 e. The quantitative estimate of drug-likeness (QED) is 0.775. The van der Waals surface area contributed by atoms with E-state index in [4.69, 9.17) is 5.11 Å². The van der Waals surface area contributed by atoms with Gasteiger partial charge in [0.15, 0.2) is 0 Å². The zero-order valence-electron chi connectivity index (χ0n) is 12.8. The van der Waals surface area contributed by atoms with Crippen LogP contribution in [0, 0.1) is 0 Å². The first-order valence-corrected chi connectivity index (χ1v) is 6.73. The number of carbonyl (C=O) groups is 1. The summed E-state index contributed by atoms with van der Waals surface area (Å²) in [7, 11) is 7.99. The van der Waals surface area contributed by atoms with Crippen LogP contribution < -0.4 is 4.90 Å². The number of aliphatic carboxylic acids is 1. The standard InChI is InChI=1S/C15H25N3O2/c1-16(2)9-10-18(12-15(19)20)11-13-5-7-14(8-6-13)17(3)4/h5-8H,9-12H2,1-4H3,(H,19,20). The van der Waals surface area contributed by atoms with Crippen molar-refractivity contribution in [1.82, 2.24) is 9.80 Å². The molecule has 0 radical (unpaired) electrons. The summed E-state index contributed by atoms with van der Waals surface area (Å²) in [6, 6.07) is 8.22. The maximum Gasteiger partial charge on any atom is 0.317 e. The summed E-state index contributed by atoms with van der Waals surface area (Å²) in [6.45, 7) is 2.33. The number of hydrogen-bond acceptors (Lipinski definition) is 4. The van der Waals surface area contributed by atoms with Gasteiger partial charge in [-0.3, -0.25) is 9.69 Å². The molecule has 0 atom stereocenters. The lowest BCUT2D eigenvalue weighted by atomic mass is 10.2. The molecular formula is C15H25N3O2. The Bertz CT molecular complexity index is 416. The second kappa shape index (κ2) is 7.87. The lowest BCUT2D eigenvalue weighted by molar-refractivity contribution is -0.138. The first-order valence-electron chi connectivity index (χ1n) is 6.73. The molecule has 0 saturated heterocycles. The van der Waals surface area contributed by atoms with Crippen LogP contribution in [0.4, 0.5) is 5.69 Å². The highest BCUT2D eigenvalue weighted by atomic mass is 16.4. The summed E-state index contributed by atoms with van der Waals surface area (Å²) >= 11 is 0. The van der Waals surface area contributed by atoms with Gasteiger partial charge in [-0.05, 0) is 31.8 Å². The SMILES string of the molecule is CN(C)CCN(CC(=O)O)Cc1ccc(N(C)C)cc1. The van der Waals surface area contributed by atoms with Crippen molar-refractivity contribution in [2.45, 2.75) is 6.54 Å². The Morgan fingerprint density at radius 3 is 2.10 bits per heavy atom. The van der Waals surface area contributed by atoms with E-state index in [0.717, 1.165) is 24.3 Å². The fraction of sp³-hybridized carbons (Fsp3) is 0.533. The Morgan fingerprint density at radius 1 is 1.05 bits per heavy atom. The van der Waals surface area contributed by atoms with Crippen molar-refractivity contribution < 1.29 is 9.90 Å². The Kier molecular flexibility index (Phi) is 6.48. The third-order valence-electron chi connectivity index (χ3n) is 3.08. The summed E-state index contributed by atoms with van der Waals surface area (Å²) in [5.74, 6) is -0.784. The molecule has 20 heavy (non-hydrogen) atoms. The van der Waals surface area contributed by atoms with Gasteiger partial charge in [0, 0.05) is 39.4 Å². The smallest absolute Gasteiger partial charge is 0.317 e. The Morgan fingerprint density at radius 2 is 1.65 bits per heavy atom. The van der Waals surface area contributed by atoms with Crippen LogP contribution in [-0.2, 0) is 11.3 Å². The number of carboxylic acids is 1. The maximum atomic E-state index is 10.9. The van der Waals surface area contributed by atoms with Crippen molar-refractivity contribution in [2.75, 3.05) is 52.7 Å². The molecule has 1 aromatic rings. The number of nitrogens with zero attached hydrogens (tertiary/aromatic N) is 3. The van der Waals surface area contributed by atoms with E-state index in [0.29, 0.717) is 6.54 Å². The molecule has 1 rings (SSSR count). The third kappa shape index (κ3) is 6.04. The van der Waals surface area contributed by atoms with Gasteiger partial charge >= 0.3 is 5.97 Å². The third-order valence-corrected chi connectivity index (χ3v) is 3.08. The van der Waals surface area contributed by atoms with E-state index in [-0.39, 0.29) is 6.54 Å². The fourth-order valence-electron chi connectivity index (χ4n) is 1.90. The van der Waals surface area contributed by atoms with Gasteiger partial charge in [-0.2, -0.15) is 0 Å². The molecule has 5 nitrogen and oxygen atoms in total. The molecule has 0 heterocycles. The lowest BCUT2D eigenvalue weighted by Crippen LogP contribution is -2.35. The predicted octanol–water partition coefficient (Wildman–Crippen LogP) is 1.20. The molecule has 5 heteroatoms. The molecule has 0 aliphatic carbocycles. The van der Waals surface area contributed by atoms with Crippen LogP contribution >= 0.6 is 0 Å². The van der Waals surface area contributed by atoms with Crippen LogP contribution in [0.3, 0.4) is 0 Å². The highest BCUT2D eigenvalue weighted by Gasteiger charge is 2.10. The molecule has 0 fully saturated rings. The minimum atomic E-state index is -0.784. The summed E-state index contributed by atoms with van der Waals surface area (Å²) in [5.41, 5.74) is 2.28. The lowest BCUT2D eigenvalue weighted by Gasteiger charge is -2.22. The van der Waals surface area contributed by atoms with E-state index in [1.54, 1.807) is 0 Å². The van der Waals surface area contributed by atoms with Gasteiger partial charge in [0.1, 0.15) is 0 Å². The van der Waals surface area contributed by atoms with Gasteiger partial charge in [-0.25, -0.2) is 0 Å². The van der Waals surface area contributed by atoms with Crippen LogP contribution in [-0.4, -0.2) is 68.7 Å². The maximum absolute atomic E-state index is 10.9. The fourth-order valence-corrected chi connectivity index (χ4v) is 1.90. The van der Waals surface area contributed by atoms with E-state index in [9.17, 15) is 4.79 Å². The van der Waals surface area contributed by atoms with E-state index in [1.165, 1.54) is 0 Å². The first kappa shape index (κ1) is 16.5. The molecule has 0 bridgehead atoms. The summed E-state index contributed by atoms with van der Waals surface area (Å²) in [5, 5.41) is 8.98. The Balaban J connectivity index is 2.65. The molecule has 0 spiro atoms. The molecule has 112 valence electrons. The minimum absolute atomic E-state index is 0.0727. The Labute approximate surface area is 121 Å². The summed E-state index contributed by atoms with van der Waals surface area (Å²) in [6.07, 6.45) is 0. The summed E-state index contributed by atoms with van der Waals surface area (Å²) in [4.78, 5) is 17.0. The van der Waals surface area contributed by atoms with Crippen molar-refractivity contribution in [1.29, 1.82) is 0 Å². The Hall–Kier alpha value is -1.59. The van der Waals surface area contributed by atoms with Gasteiger partial charge in [-0.1, -0.05) is 12.1 Å². The highest BCUT2D eigenvalue weighted by molar-refractivity contribution is 5.69. The van der Waals surface area contributed by atoms with Crippen molar-refractivity contribution in [3.63, 3.8) is 0 Å². The number of carboxylic acid groups (broad SMARTS) is 1. The summed E-state index contributed by atoms with van der Waals surface area (Å²) < 4.78 is 0. The topological polar surface area (TPSA) is 47.0 Å². The molecule has 0 amide bonds. The van der Waals surface area contributed by atoms with Crippen molar-refractivity contribution in [2.24, 2.45) is 0 Å². The van der Waals surface area contributed by atoms with Crippen LogP contribution in [0.5, 0.6) is 0 Å². The second-order valence-corrected chi connectivity index (χ2v) is 5.47. The zero-order chi connectivity index (χ0) is 15.1. The molecule has 0 saturated carbocycles. The van der Waals surface area contributed by atoms with E-state index in [2.05, 4.69) is 29.2 Å². The molecule has 1 aromatic carbocycles. The highest BCUT2D eigenvalue weighted by Crippen LogP contribution is 2.13. The molecule has 1 N–H and O–H groups in total. The van der Waals surface area contributed by atoms with Crippen molar-refractivity contribution >= 4 is 11.7 Å². The van der Waals surface area contributed by atoms with Crippen LogP contribution in [0.15, 0.2) is 24.3 Å². The molecule has 0 aliphatic rings. The number of hydrogen-bond donors (Lipinski definition) is 1. The van der Waals surface area contributed by atoms with Gasteiger partial charge in [0.05, 0.1) is 6.54 Å². The monoisotopic (exact) mass is 279 g/mol. The second-order valence-electron chi connectivity index (χ2n) is 5.47.